The van der Waals surface area contributed by atoms with Crippen LogP contribution in [0.4, 0.5) is 0 Å². The number of nitriles is 1. The number of aromatic nitrogens is 1. The van der Waals surface area contributed by atoms with Crippen molar-refractivity contribution in [3.05, 3.63) is 65.9 Å². The van der Waals surface area contributed by atoms with E-state index in [9.17, 15) is 0 Å². The Kier molecular flexibility index (Phi) is 3.67. The van der Waals surface area contributed by atoms with Crippen molar-refractivity contribution in [3.63, 3.8) is 0 Å². The number of hydrogen-bond donors (Lipinski definition) is 0. The molecule has 0 fully saturated rings. The lowest BCUT2D eigenvalue weighted by Gasteiger charge is -2.06. The van der Waals surface area contributed by atoms with Gasteiger partial charge in [0.1, 0.15) is 5.75 Å². The van der Waals surface area contributed by atoms with Crippen LogP contribution in [-0.4, -0.2) is 11.7 Å². The van der Waals surface area contributed by atoms with Crippen molar-refractivity contribution in [3.8, 4) is 17.5 Å². The van der Waals surface area contributed by atoms with Crippen LogP contribution in [0.3, 0.4) is 0 Å². The molecule has 0 N–H and O–H groups in total. The summed E-state index contributed by atoms with van der Waals surface area (Å²) in [6.07, 6.45) is 3.98. The minimum atomic E-state index is 0.692. The molecule has 0 atom stereocenters. The van der Waals surface area contributed by atoms with Crippen molar-refractivity contribution in [2.24, 2.45) is 0 Å². The summed E-state index contributed by atoms with van der Waals surface area (Å²) in [5.41, 5.74) is 3.92. The summed E-state index contributed by atoms with van der Waals surface area (Å²) >= 11 is 0. The summed E-state index contributed by atoms with van der Waals surface area (Å²) in [5.74, 6) is 0.834. The zero-order valence-electron chi connectivity index (χ0n) is 12.6. The summed E-state index contributed by atoms with van der Waals surface area (Å²) in [5, 5.41) is 10.1. The topological polar surface area (TPSA) is 38.0 Å². The first-order chi connectivity index (χ1) is 10.7. The number of nitrogens with zero attached hydrogens (tertiary/aromatic N) is 2. The van der Waals surface area contributed by atoms with Crippen molar-refractivity contribution in [1.82, 2.24) is 4.57 Å². The molecular formula is C19H16N2O. The molecular weight excluding hydrogens is 272 g/mol. The summed E-state index contributed by atoms with van der Waals surface area (Å²) in [4.78, 5) is 0. The molecule has 0 radical (unpaired) electrons. The average molecular weight is 288 g/mol. The van der Waals surface area contributed by atoms with Crippen molar-refractivity contribution in [1.29, 1.82) is 5.26 Å². The fraction of sp³-hybridized carbons (Fsp3) is 0.105. The Morgan fingerprint density at radius 1 is 1.14 bits per heavy atom. The number of benzene rings is 2. The van der Waals surface area contributed by atoms with Gasteiger partial charge in [-0.1, -0.05) is 18.2 Å². The van der Waals surface area contributed by atoms with E-state index in [1.54, 1.807) is 7.11 Å². The number of ether oxygens (including phenoxy) is 1. The van der Waals surface area contributed by atoms with Crippen molar-refractivity contribution >= 4 is 17.0 Å². The first kappa shape index (κ1) is 14.0. The van der Waals surface area contributed by atoms with Crippen LogP contribution in [0.5, 0.6) is 5.75 Å². The maximum Gasteiger partial charge on any atom is 0.119 e. The largest absolute Gasteiger partial charge is 0.497 e. The molecule has 3 heteroatoms. The van der Waals surface area contributed by atoms with Crippen LogP contribution in [-0.2, 0) is 0 Å². The third-order valence-electron chi connectivity index (χ3n) is 3.64. The van der Waals surface area contributed by atoms with Crippen LogP contribution in [0.2, 0.25) is 0 Å². The molecule has 0 amide bonds. The molecule has 0 saturated carbocycles. The van der Waals surface area contributed by atoms with E-state index in [-0.39, 0.29) is 0 Å². The minimum absolute atomic E-state index is 0.692. The number of rotatable bonds is 3. The van der Waals surface area contributed by atoms with E-state index in [1.807, 2.05) is 49.4 Å². The Morgan fingerprint density at radius 3 is 2.55 bits per heavy atom. The highest BCUT2D eigenvalue weighted by Crippen LogP contribution is 2.27. The average Bonchev–Trinajstić information content (AvgIpc) is 2.93. The molecule has 3 rings (SSSR count). The van der Waals surface area contributed by atoms with E-state index < -0.39 is 0 Å². The van der Waals surface area contributed by atoms with Gasteiger partial charge in [-0.25, -0.2) is 0 Å². The molecule has 0 saturated heterocycles. The van der Waals surface area contributed by atoms with Gasteiger partial charge in [0.25, 0.3) is 0 Å². The van der Waals surface area contributed by atoms with Crippen LogP contribution in [0.15, 0.2) is 60.3 Å². The smallest absolute Gasteiger partial charge is 0.119 e. The third-order valence-corrected chi connectivity index (χ3v) is 3.64. The Hall–Kier alpha value is -2.99. The maximum atomic E-state index is 9.01. The number of methoxy groups -OCH3 is 1. The first-order valence-corrected chi connectivity index (χ1v) is 7.06. The molecule has 108 valence electrons. The summed E-state index contributed by atoms with van der Waals surface area (Å²) in [6, 6.07) is 18.3. The third kappa shape index (κ3) is 2.47. The van der Waals surface area contributed by atoms with Gasteiger partial charge in [0.2, 0.25) is 0 Å². The standard InChI is InChI=1S/C19H16N2O/c1-14(12-20)11-15-13-21(19-6-4-3-5-18(15)19)16-7-9-17(22-2)10-8-16/h3-11,13H,1-2H3/b14-11-. The first-order valence-electron chi connectivity index (χ1n) is 7.06. The number of fused-ring (bicyclic) bond motifs is 1. The van der Waals surface area contributed by atoms with E-state index in [2.05, 4.69) is 29.0 Å². The van der Waals surface area contributed by atoms with Gasteiger partial charge in [-0.2, -0.15) is 5.26 Å². The van der Waals surface area contributed by atoms with Gasteiger partial charge in [0.05, 0.1) is 18.7 Å². The van der Waals surface area contributed by atoms with Crippen LogP contribution in [0.25, 0.3) is 22.7 Å². The van der Waals surface area contributed by atoms with Crippen LogP contribution in [0.1, 0.15) is 12.5 Å². The van der Waals surface area contributed by atoms with E-state index in [4.69, 9.17) is 10.00 Å². The van der Waals surface area contributed by atoms with Gasteiger partial charge >= 0.3 is 0 Å². The molecule has 3 aromatic rings. The molecule has 2 aromatic carbocycles. The van der Waals surface area contributed by atoms with Crippen molar-refractivity contribution < 1.29 is 4.74 Å². The highest BCUT2D eigenvalue weighted by molar-refractivity contribution is 5.91. The van der Waals surface area contributed by atoms with Gasteiger partial charge in [0.15, 0.2) is 0 Å². The lowest BCUT2D eigenvalue weighted by Crippen LogP contribution is -1.91. The second kappa shape index (κ2) is 5.79. The fourth-order valence-electron chi connectivity index (χ4n) is 2.54. The Labute approximate surface area is 129 Å². The van der Waals surface area contributed by atoms with Gasteiger partial charge in [0, 0.05) is 28.4 Å². The van der Waals surface area contributed by atoms with E-state index >= 15 is 0 Å². The zero-order valence-corrected chi connectivity index (χ0v) is 12.6. The monoisotopic (exact) mass is 288 g/mol. The van der Waals surface area contributed by atoms with Crippen LogP contribution >= 0.6 is 0 Å². The number of hydrogen-bond acceptors (Lipinski definition) is 2. The quantitative estimate of drug-likeness (QED) is 0.662. The van der Waals surface area contributed by atoms with Crippen molar-refractivity contribution in [2.75, 3.05) is 7.11 Å². The number of allylic oxidation sites excluding steroid dienone is 1. The molecule has 1 aromatic heterocycles. The van der Waals surface area contributed by atoms with Crippen molar-refractivity contribution in [2.45, 2.75) is 6.92 Å². The van der Waals surface area contributed by atoms with Gasteiger partial charge < -0.3 is 9.30 Å². The Morgan fingerprint density at radius 2 is 1.86 bits per heavy atom. The highest BCUT2D eigenvalue weighted by Gasteiger charge is 2.08. The summed E-state index contributed by atoms with van der Waals surface area (Å²) in [6.45, 7) is 1.82. The number of para-hydroxylation sites is 1. The Bertz CT molecular complexity index is 880. The lowest BCUT2D eigenvalue weighted by molar-refractivity contribution is 0.415. The predicted molar refractivity (Wildman–Crippen MR) is 89.1 cm³/mol. The van der Waals surface area contributed by atoms with E-state index in [1.165, 1.54) is 0 Å². The molecule has 22 heavy (non-hydrogen) atoms. The van der Waals surface area contributed by atoms with Crippen LogP contribution in [0, 0.1) is 11.3 Å². The van der Waals surface area contributed by atoms with Gasteiger partial charge in [-0.05, 0) is 43.3 Å². The maximum absolute atomic E-state index is 9.01. The summed E-state index contributed by atoms with van der Waals surface area (Å²) < 4.78 is 7.34. The summed E-state index contributed by atoms with van der Waals surface area (Å²) in [7, 11) is 1.66. The van der Waals surface area contributed by atoms with Gasteiger partial charge in [-0.3, -0.25) is 0 Å². The van der Waals surface area contributed by atoms with E-state index in [0.29, 0.717) is 5.57 Å². The molecule has 0 spiro atoms. The molecule has 1 heterocycles. The molecule has 3 nitrogen and oxygen atoms in total. The molecule has 0 aliphatic rings. The fourth-order valence-corrected chi connectivity index (χ4v) is 2.54. The highest BCUT2D eigenvalue weighted by atomic mass is 16.5. The minimum Gasteiger partial charge on any atom is -0.497 e. The predicted octanol–water partition coefficient (Wildman–Crippen LogP) is 4.57. The van der Waals surface area contributed by atoms with E-state index in [0.717, 1.165) is 27.9 Å². The molecule has 0 unspecified atom stereocenters. The van der Waals surface area contributed by atoms with Gasteiger partial charge in [-0.15, -0.1) is 0 Å². The second-order valence-electron chi connectivity index (χ2n) is 5.11. The molecule has 0 aliphatic carbocycles. The lowest BCUT2D eigenvalue weighted by atomic mass is 10.1. The molecule has 0 bridgehead atoms. The second-order valence-corrected chi connectivity index (χ2v) is 5.11. The van der Waals surface area contributed by atoms with Crippen LogP contribution < -0.4 is 4.74 Å². The Balaban J connectivity index is 2.19. The molecule has 0 aliphatic heterocycles. The zero-order chi connectivity index (χ0) is 15.5. The SMILES string of the molecule is COc1ccc(-n2cc(/C=C(/C)C#N)c3ccccc32)cc1. The normalized spacial score (nSPS) is 11.4.